The minimum atomic E-state index is 0.283. The minimum absolute atomic E-state index is 0.283. The van der Waals surface area contributed by atoms with Gasteiger partial charge in [-0.2, -0.15) is 0 Å². The summed E-state index contributed by atoms with van der Waals surface area (Å²) in [6.07, 6.45) is 6.81. The largest absolute Gasteiger partial charge is 0.375 e. The molecule has 2 unspecified atom stereocenters. The van der Waals surface area contributed by atoms with Crippen molar-refractivity contribution in [3.05, 3.63) is 0 Å². The summed E-state index contributed by atoms with van der Waals surface area (Å²) in [4.78, 5) is 0. The average Bonchev–Trinajstić information content (AvgIpc) is 2.64. The monoisotopic (exact) mass is 183 g/mol. The van der Waals surface area contributed by atoms with Crippen molar-refractivity contribution in [1.82, 2.24) is 5.32 Å². The van der Waals surface area contributed by atoms with Crippen LogP contribution in [-0.2, 0) is 4.74 Å². The lowest BCUT2D eigenvalue weighted by atomic mass is 9.90. The fourth-order valence-corrected chi connectivity index (χ4v) is 2.65. The summed E-state index contributed by atoms with van der Waals surface area (Å²) in [7, 11) is 0. The predicted molar refractivity (Wildman–Crippen MR) is 53.8 cm³/mol. The van der Waals surface area contributed by atoms with Gasteiger partial charge in [0.25, 0.3) is 0 Å². The molecule has 0 spiro atoms. The van der Waals surface area contributed by atoms with E-state index in [-0.39, 0.29) is 5.54 Å². The Kier molecular flexibility index (Phi) is 2.61. The molecule has 76 valence electrons. The first-order valence-electron chi connectivity index (χ1n) is 5.69. The van der Waals surface area contributed by atoms with Crippen LogP contribution in [0.15, 0.2) is 0 Å². The Labute approximate surface area is 81.0 Å². The molecule has 2 nitrogen and oxygen atoms in total. The highest BCUT2D eigenvalue weighted by atomic mass is 16.5. The van der Waals surface area contributed by atoms with Crippen LogP contribution in [0, 0.1) is 0 Å². The van der Waals surface area contributed by atoms with Crippen LogP contribution in [-0.4, -0.2) is 24.3 Å². The molecule has 0 amide bonds. The van der Waals surface area contributed by atoms with Gasteiger partial charge in [0.1, 0.15) is 0 Å². The number of fused-ring (bicyclic) bond motifs is 1. The zero-order valence-corrected chi connectivity index (χ0v) is 8.81. The molecular formula is C11H21NO. The summed E-state index contributed by atoms with van der Waals surface area (Å²) in [5.41, 5.74) is 0.283. The molecule has 0 aromatic rings. The van der Waals surface area contributed by atoms with Crippen LogP contribution in [0.2, 0.25) is 0 Å². The quantitative estimate of drug-likeness (QED) is 0.707. The van der Waals surface area contributed by atoms with Crippen molar-refractivity contribution in [2.75, 3.05) is 6.61 Å². The Morgan fingerprint density at radius 3 is 2.77 bits per heavy atom. The standard InChI is InChI=1S/C11H21NO/c1-3-11(4-2)8-13-10-7-5-6-9(10)12-11/h9-10,12H,3-8H2,1-2H3. The minimum Gasteiger partial charge on any atom is -0.375 e. The highest BCUT2D eigenvalue weighted by Crippen LogP contribution is 2.31. The highest BCUT2D eigenvalue weighted by molar-refractivity contribution is 4.98. The zero-order valence-electron chi connectivity index (χ0n) is 8.81. The summed E-state index contributed by atoms with van der Waals surface area (Å²) in [5, 5.41) is 3.80. The lowest BCUT2D eigenvalue weighted by molar-refractivity contribution is -0.0530. The van der Waals surface area contributed by atoms with Crippen LogP contribution in [0.4, 0.5) is 0 Å². The molecule has 0 radical (unpaired) electrons. The molecule has 1 aliphatic heterocycles. The van der Waals surface area contributed by atoms with E-state index >= 15 is 0 Å². The van der Waals surface area contributed by atoms with Crippen molar-refractivity contribution in [2.45, 2.75) is 63.6 Å². The predicted octanol–water partition coefficient (Wildman–Crippen LogP) is 2.09. The van der Waals surface area contributed by atoms with Gasteiger partial charge in [0.05, 0.1) is 12.7 Å². The first-order valence-corrected chi connectivity index (χ1v) is 5.69. The second-order valence-electron chi connectivity index (χ2n) is 4.52. The Hall–Kier alpha value is -0.0800. The second kappa shape index (κ2) is 3.58. The van der Waals surface area contributed by atoms with E-state index in [0.29, 0.717) is 12.1 Å². The Bertz CT molecular complexity index is 177. The van der Waals surface area contributed by atoms with E-state index in [9.17, 15) is 0 Å². The van der Waals surface area contributed by atoms with E-state index in [1.54, 1.807) is 0 Å². The maximum absolute atomic E-state index is 5.94. The molecule has 0 bridgehead atoms. The third kappa shape index (κ3) is 1.62. The maximum Gasteiger partial charge on any atom is 0.0729 e. The van der Waals surface area contributed by atoms with Crippen LogP contribution >= 0.6 is 0 Å². The molecule has 2 atom stereocenters. The van der Waals surface area contributed by atoms with E-state index in [2.05, 4.69) is 19.2 Å². The summed E-state index contributed by atoms with van der Waals surface area (Å²) < 4.78 is 5.94. The zero-order chi connectivity index (χ0) is 9.31. The molecule has 1 N–H and O–H groups in total. The molecule has 0 aromatic heterocycles. The van der Waals surface area contributed by atoms with Gasteiger partial charge in [0, 0.05) is 11.6 Å². The van der Waals surface area contributed by atoms with Gasteiger partial charge in [-0.25, -0.2) is 0 Å². The lowest BCUT2D eigenvalue weighted by Crippen LogP contribution is -2.60. The number of rotatable bonds is 2. The van der Waals surface area contributed by atoms with Crippen molar-refractivity contribution >= 4 is 0 Å². The van der Waals surface area contributed by atoms with Crippen molar-refractivity contribution in [3.8, 4) is 0 Å². The van der Waals surface area contributed by atoms with Crippen LogP contribution in [0.3, 0.4) is 0 Å². The van der Waals surface area contributed by atoms with Gasteiger partial charge in [-0.3, -0.25) is 0 Å². The number of ether oxygens (including phenoxy) is 1. The molecule has 1 heterocycles. The van der Waals surface area contributed by atoms with Crippen molar-refractivity contribution < 1.29 is 4.74 Å². The third-order valence-corrected chi connectivity index (χ3v) is 3.87. The second-order valence-corrected chi connectivity index (χ2v) is 4.52. The number of nitrogens with one attached hydrogen (secondary N) is 1. The van der Waals surface area contributed by atoms with Gasteiger partial charge in [-0.15, -0.1) is 0 Å². The molecule has 1 aliphatic carbocycles. The molecular weight excluding hydrogens is 162 g/mol. The van der Waals surface area contributed by atoms with Gasteiger partial charge < -0.3 is 10.1 Å². The lowest BCUT2D eigenvalue weighted by Gasteiger charge is -2.43. The molecule has 1 saturated heterocycles. The molecule has 2 heteroatoms. The van der Waals surface area contributed by atoms with E-state index in [4.69, 9.17) is 4.74 Å². The fourth-order valence-electron chi connectivity index (χ4n) is 2.65. The molecule has 2 aliphatic rings. The van der Waals surface area contributed by atoms with Crippen molar-refractivity contribution in [1.29, 1.82) is 0 Å². The number of hydrogen-bond acceptors (Lipinski definition) is 2. The van der Waals surface area contributed by atoms with E-state index in [1.165, 1.54) is 32.1 Å². The van der Waals surface area contributed by atoms with Gasteiger partial charge in [-0.1, -0.05) is 13.8 Å². The average molecular weight is 183 g/mol. The number of morpholine rings is 1. The third-order valence-electron chi connectivity index (χ3n) is 3.87. The van der Waals surface area contributed by atoms with Gasteiger partial charge in [0.2, 0.25) is 0 Å². The van der Waals surface area contributed by atoms with E-state index < -0.39 is 0 Å². The maximum atomic E-state index is 5.94. The summed E-state index contributed by atoms with van der Waals surface area (Å²) in [6.45, 7) is 5.44. The highest BCUT2D eigenvalue weighted by Gasteiger charge is 2.40. The Balaban J connectivity index is 2.02. The van der Waals surface area contributed by atoms with Crippen LogP contribution in [0.5, 0.6) is 0 Å². The first kappa shape index (κ1) is 9.47. The van der Waals surface area contributed by atoms with Crippen LogP contribution in [0.1, 0.15) is 46.0 Å². The van der Waals surface area contributed by atoms with E-state index in [1.807, 2.05) is 0 Å². The van der Waals surface area contributed by atoms with Gasteiger partial charge in [-0.05, 0) is 32.1 Å². The Morgan fingerprint density at radius 1 is 1.31 bits per heavy atom. The van der Waals surface area contributed by atoms with Crippen LogP contribution < -0.4 is 5.32 Å². The van der Waals surface area contributed by atoms with Gasteiger partial charge in [0.15, 0.2) is 0 Å². The van der Waals surface area contributed by atoms with Crippen LogP contribution in [0.25, 0.3) is 0 Å². The first-order chi connectivity index (χ1) is 6.29. The molecule has 2 fully saturated rings. The molecule has 2 rings (SSSR count). The fraction of sp³-hybridized carbons (Fsp3) is 1.00. The molecule has 1 saturated carbocycles. The van der Waals surface area contributed by atoms with Crippen molar-refractivity contribution in [2.24, 2.45) is 0 Å². The summed E-state index contributed by atoms with van der Waals surface area (Å²) >= 11 is 0. The van der Waals surface area contributed by atoms with Gasteiger partial charge >= 0.3 is 0 Å². The Morgan fingerprint density at radius 2 is 2.08 bits per heavy atom. The smallest absolute Gasteiger partial charge is 0.0729 e. The molecule has 0 aromatic carbocycles. The normalized spacial score (nSPS) is 37.4. The number of hydrogen-bond donors (Lipinski definition) is 1. The molecule has 13 heavy (non-hydrogen) atoms. The topological polar surface area (TPSA) is 21.3 Å². The van der Waals surface area contributed by atoms with Crippen molar-refractivity contribution in [3.63, 3.8) is 0 Å². The summed E-state index contributed by atoms with van der Waals surface area (Å²) in [5.74, 6) is 0. The summed E-state index contributed by atoms with van der Waals surface area (Å²) in [6, 6.07) is 0.647. The van der Waals surface area contributed by atoms with E-state index in [0.717, 1.165) is 6.61 Å². The SMILES string of the molecule is CCC1(CC)COC2CCCC2N1.